The lowest BCUT2D eigenvalue weighted by molar-refractivity contribution is 0.0590. The zero-order chi connectivity index (χ0) is 19.8. The summed E-state index contributed by atoms with van der Waals surface area (Å²) in [6.45, 7) is 1.22. The molecule has 0 bridgehead atoms. The van der Waals surface area contributed by atoms with E-state index in [1.165, 1.54) is 23.5 Å². The van der Waals surface area contributed by atoms with Gasteiger partial charge in [0.05, 0.1) is 15.7 Å². The Labute approximate surface area is 170 Å². The molecule has 0 saturated carbocycles. The number of rotatable bonds is 3. The van der Waals surface area contributed by atoms with Crippen LogP contribution in [0.2, 0.25) is 0 Å². The molecule has 0 unspecified atom stereocenters. The van der Waals surface area contributed by atoms with Crippen molar-refractivity contribution in [1.29, 1.82) is 0 Å². The maximum atomic E-state index is 13.3. The summed E-state index contributed by atoms with van der Waals surface area (Å²) in [7, 11) is 0. The molecule has 7 heteroatoms. The molecule has 1 saturated heterocycles. The van der Waals surface area contributed by atoms with Crippen LogP contribution in [0.1, 0.15) is 23.3 Å². The van der Waals surface area contributed by atoms with E-state index in [0.29, 0.717) is 24.0 Å². The third-order valence-corrected chi connectivity index (χ3v) is 6.05. The van der Waals surface area contributed by atoms with Crippen molar-refractivity contribution in [2.45, 2.75) is 18.9 Å². The number of carbonyl (C=O) groups is 1. The Morgan fingerprint density at radius 3 is 2.72 bits per heavy atom. The maximum absolute atomic E-state index is 13.3. The van der Waals surface area contributed by atoms with Gasteiger partial charge >= 0.3 is 0 Å². The summed E-state index contributed by atoms with van der Waals surface area (Å²) < 4.78 is 20.1. The molecule has 4 aromatic rings. The van der Waals surface area contributed by atoms with Crippen LogP contribution in [0.4, 0.5) is 4.39 Å². The second kappa shape index (κ2) is 7.40. The second-order valence-electron chi connectivity index (χ2n) is 7.09. The number of ether oxygens (including phenoxy) is 1. The lowest BCUT2D eigenvalue weighted by Gasteiger charge is -2.31. The standard InChI is InChI=1S/C22H18FN3O2S/c23-15-6-8-18-20(13-15)29-22(25-18)28-16-9-11-26(12-10-16)21(27)19-7-5-14-3-1-2-4-17(14)24-19/h1-8,13,16H,9-12H2. The molecule has 0 spiro atoms. The van der Waals surface area contributed by atoms with Gasteiger partial charge in [-0.1, -0.05) is 35.6 Å². The topological polar surface area (TPSA) is 55.3 Å². The highest BCUT2D eigenvalue weighted by Gasteiger charge is 2.26. The summed E-state index contributed by atoms with van der Waals surface area (Å²) in [6, 6.07) is 16.0. The average molecular weight is 407 g/mol. The zero-order valence-corrected chi connectivity index (χ0v) is 16.4. The summed E-state index contributed by atoms with van der Waals surface area (Å²) >= 11 is 1.35. The molecule has 3 heterocycles. The number of pyridine rings is 1. The molecule has 0 radical (unpaired) electrons. The molecule has 146 valence electrons. The van der Waals surface area contributed by atoms with Gasteiger partial charge in [0, 0.05) is 31.3 Å². The monoisotopic (exact) mass is 407 g/mol. The van der Waals surface area contributed by atoms with E-state index in [1.807, 2.05) is 35.2 Å². The van der Waals surface area contributed by atoms with Crippen molar-refractivity contribution in [2.24, 2.45) is 0 Å². The van der Waals surface area contributed by atoms with Gasteiger partial charge < -0.3 is 9.64 Å². The molecule has 0 N–H and O–H groups in total. The van der Waals surface area contributed by atoms with E-state index in [9.17, 15) is 9.18 Å². The number of carbonyl (C=O) groups excluding carboxylic acids is 1. The van der Waals surface area contributed by atoms with E-state index in [2.05, 4.69) is 9.97 Å². The quantitative estimate of drug-likeness (QED) is 0.495. The number of halogens is 1. The second-order valence-corrected chi connectivity index (χ2v) is 8.08. The van der Waals surface area contributed by atoms with Crippen molar-refractivity contribution in [3.05, 3.63) is 66.1 Å². The van der Waals surface area contributed by atoms with Crippen LogP contribution in [0.15, 0.2) is 54.6 Å². The minimum atomic E-state index is -0.276. The molecule has 5 nitrogen and oxygen atoms in total. The molecule has 0 atom stereocenters. The van der Waals surface area contributed by atoms with Gasteiger partial charge in [0.25, 0.3) is 11.1 Å². The first-order valence-electron chi connectivity index (χ1n) is 9.53. The van der Waals surface area contributed by atoms with Crippen molar-refractivity contribution in [3.8, 4) is 5.19 Å². The van der Waals surface area contributed by atoms with Crippen molar-refractivity contribution >= 4 is 38.4 Å². The van der Waals surface area contributed by atoms with Crippen molar-refractivity contribution in [3.63, 3.8) is 0 Å². The number of fused-ring (bicyclic) bond motifs is 2. The van der Waals surface area contributed by atoms with Crippen molar-refractivity contribution in [1.82, 2.24) is 14.9 Å². The fourth-order valence-electron chi connectivity index (χ4n) is 3.59. The van der Waals surface area contributed by atoms with Crippen LogP contribution in [0, 0.1) is 5.82 Å². The third-order valence-electron chi connectivity index (χ3n) is 5.15. The lowest BCUT2D eigenvalue weighted by atomic mass is 10.1. The van der Waals surface area contributed by atoms with E-state index in [-0.39, 0.29) is 17.8 Å². The van der Waals surface area contributed by atoms with Crippen LogP contribution in [0.3, 0.4) is 0 Å². The van der Waals surface area contributed by atoms with Gasteiger partial charge in [0.1, 0.15) is 17.6 Å². The first-order valence-corrected chi connectivity index (χ1v) is 10.4. The van der Waals surface area contributed by atoms with Crippen LogP contribution < -0.4 is 4.74 Å². The van der Waals surface area contributed by atoms with Crippen LogP contribution in [-0.4, -0.2) is 40.0 Å². The predicted molar refractivity (Wildman–Crippen MR) is 111 cm³/mol. The number of aromatic nitrogens is 2. The van der Waals surface area contributed by atoms with Gasteiger partial charge in [-0.05, 0) is 30.3 Å². The summed E-state index contributed by atoms with van der Waals surface area (Å²) in [5.74, 6) is -0.327. The molecule has 1 aliphatic heterocycles. The molecule has 1 amide bonds. The predicted octanol–water partition coefficient (Wildman–Crippen LogP) is 4.67. The Hall–Kier alpha value is -3.06. The number of hydrogen-bond donors (Lipinski definition) is 0. The smallest absolute Gasteiger partial charge is 0.274 e. The van der Waals surface area contributed by atoms with E-state index in [4.69, 9.17) is 4.74 Å². The van der Waals surface area contributed by atoms with Gasteiger partial charge in [-0.25, -0.2) is 14.4 Å². The van der Waals surface area contributed by atoms with Crippen molar-refractivity contribution in [2.75, 3.05) is 13.1 Å². The Balaban J connectivity index is 1.23. The number of thiazole rings is 1. The number of amides is 1. The molecule has 1 aliphatic rings. The molecule has 5 rings (SSSR count). The normalized spacial score (nSPS) is 15.1. The average Bonchev–Trinajstić information content (AvgIpc) is 3.14. The molecule has 2 aromatic carbocycles. The first kappa shape index (κ1) is 18.0. The molecule has 0 aliphatic carbocycles. The summed E-state index contributed by atoms with van der Waals surface area (Å²) in [5.41, 5.74) is 2.03. The van der Waals surface area contributed by atoms with E-state index >= 15 is 0 Å². The van der Waals surface area contributed by atoms with Crippen LogP contribution in [-0.2, 0) is 0 Å². The fraction of sp³-hybridized carbons (Fsp3) is 0.227. The minimum absolute atomic E-state index is 0.00554. The number of benzene rings is 2. The van der Waals surface area contributed by atoms with E-state index in [1.54, 1.807) is 12.1 Å². The van der Waals surface area contributed by atoms with Gasteiger partial charge in [0.15, 0.2) is 0 Å². The van der Waals surface area contributed by atoms with Gasteiger partial charge in [-0.15, -0.1) is 0 Å². The number of likely N-dealkylation sites (tertiary alicyclic amines) is 1. The first-order chi connectivity index (χ1) is 14.2. The summed E-state index contributed by atoms with van der Waals surface area (Å²) in [5, 5.41) is 1.57. The molecule has 1 fully saturated rings. The Kier molecular flexibility index (Phi) is 4.60. The largest absolute Gasteiger partial charge is 0.467 e. The SMILES string of the molecule is O=C(c1ccc2ccccc2n1)N1CCC(Oc2nc3ccc(F)cc3s2)CC1. The highest BCUT2D eigenvalue weighted by atomic mass is 32.1. The van der Waals surface area contributed by atoms with E-state index in [0.717, 1.165) is 34.0 Å². The highest BCUT2D eigenvalue weighted by molar-refractivity contribution is 7.20. The van der Waals surface area contributed by atoms with Gasteiger partial charge in [0.2, 0.25) is 0 Å². The number of nitrogens with zero attached hydrogens (tertiary/aromatic N) is 3. The van der Waals surface area contributed by atoms with Crippen LogP contribution >= 0.6 is 11.3 Å². The van der Waals surface area contributed by atoms with E-state index < -0.39 is 0 Å². The third kappa shape index (κ3) is 3.65. The van der Waals surface area contributed by atoms with Crippen LogP contribution in [0.5, 0.6) is 5.19 Å². The summed E-state index contributed by atoms with van der Waals surface area (Å²) in [6.07, 6.45) is 1.45. The zero-order valence-electron chi connectivity index (χ0n) is 15.5. The minimum Gasteiger partial charge on any atom is -0.467 e. The molecular weight excluding hydrogens is 389 g/mol. The Morgan fingerprint density at radius 2 is 1.86 bits per heavy atom. The summed E-state index contributed by atoms with van der Waals surface area (Å²) in [4.78, 5) is 23.6. The Morgan fingerprint density at radius 1 is 1.03 bits per heavy atom. The molecule has 2 aromatic heterocycles. The van der Waals surface area contributed by atoms with Gasteiger partial charge in [-0.3, -0.25) is 4.79 Å². The number of hydrogen-bond acceptors (Lipinski definition) is 5. The molecular formula is C22H18FN3O2S. The lowest BCUT2D eigenvalue weighted by Crippen LogP contribution is -2.42. The Bertz CT molecular complexity index is 1200. The van der Waals surface area contributed by atoms with Gasteiger partial charge in [-0.2, -0.15) is 0 Å². The fourth-order valence-corrected chi connectivity index (χ4v) is 4.50. The maximum Gasteiger partial charge on any atom is 0.274 e. The van der Waals surface area contributed by atoms with Crippen LogP contribution in [0.25, 0.3) is 21.1 Å². The van der Waals surface area contributed by atoms with Crippen molar-refractivity contribution < 1.29 is 13.9 Å². The number of piperidine rings is 1. The molecule has 29 heavy (non-hydrogen) atoms. The number of para-hydroxylation sites is 1. The highest BCUT2D eigenvalue weighted by Crippen LogP contribution is 2.30.